The Morgan fingerprint density at radius 2 is 1.76 bits per heavy atom. The molecule has 0 N–H and O–H groups in total. The monoisotopic (exact) mass is 339 g/mol. The van der Waals surface area contributed by atoms with Crippen LogP contribution in [0, 0.1) is 0 Å². The molecule has 0 saturated carbocycles. The zero-order valence-electron chi connectivity index (χ0n) is 14.3. The molecular weight excluding hydrogens is 318 g/mol. The normalized spacial score (nSPS) is 10.5. The number of hydrogen-bond donors (Lipinski definition) is 0. The molecule has 25 heavy (non-hydrogen) atoms. The van der Waals surface area contributed by atoms with Crippen LogP contribution in [0.25, 0.3) is 0 Å². The van der Waals surface area contributed by atoms with Gasteiger partial charge in [-0.1, -0.05) is 24.3 Å². The van der Waals surface area contributed by atoms with Crippen LogP contribution in [0.2, 0.25) is 0 Å². The molecule has 0 spiro atoms. The lowest BCUT2D eigenvalue weighted by Crippen LogP contribution is -2.31. The summed E-state index contributed by atoms with van der Waals surface area (Å²) in [5, 5.41) is 0. The van der Waals surface area contributed by atoms with Gasteiger partial charge in [0.05, 0.1) is 14.2 Å². The third-order valence-electron chi connectivity index (χ3n) is 3.68. The van der Waals surface area contributed by atoms with Gasteiger partial charge in [-0.2, -0.15) is 0 Å². The number of allylic oxidation sites excluding steroid dienone is 1. The van der Waals surface area contributed by atoms with Crippen molar-refractivity contribution in [1.82, 2.24) is 0 Å². The number of rotatable bonds is 8. The van der Waals surface area contributed by atoms with Crippen molar-refractivity contribution in [1.29, 1.82) is 0 Å². The van der Waals surface area contributed by atoms with Crippen LogP contribution in [-0.2, 0) is 4.79 Å². The molecule has 0 aliphatic rings. The Balaban J connectivity index is 2.31. The van der Waals surface area contributed by atoms with Gasteiger partial charge in [-0.15, -0.1) is 0 Å². The number of carbonyl (C=O) groups is 2. The van der Waals surface area contributed by atoms with Crippen LogP contribution in [0.1, 0.15) is 16.8 Å². The lowest BCUT2D eigenvalue weighted by atomic mass is 10.1. The van der Waals surface area contributed by atoms with E-state index >= 15 is 0 Å². The summed E-state index contributed by atoms with van der Waals surface area (Å²) >= 11 is 0. The predicted octanol–water partition coefficient (Wildman–Crippen LogP) is 3.50. The number of anilines is 1. The highest BCUT2D eigenvalue weighted by Crippen LogP contribution is 2.29. The number of methoxy groups -OCH3 is 2. The van der Waals surface area contributed by atoms with Gasteiger partial charge in [0.1, 0.15) is 6.29 Å². The second-order valence-corrected chi connectivity index (χ2v) is 5.22. The van der Waals surface area contributed by atoms with E-state index in [-0.39, 0.29) is 5.91 Å². The van der Waals surface area contributed by atoms with Gasteiger partial charge in [-0.25, -0.2) is 0 Å². The van der Waals surface area contributed by atoms with E-state index in [2.05, 4.69) is 0 Å². The lowest BCUT2D eigenvalue weighted by molar-refractivity contribution is -0.104. The average Bonchev–Trinajstić information content (AvgIpc) is 2.67. The van der Waals surface area contributed by atoms with Crippen LogP contribution in [0.3, 0.4) is 0 Å². The van der Waals surface area contributed by atoms with E-state index in [1.807, 2.05) is 30.3 Å². The molecule has 2 aromatic rings. The first-order valence-corrected chi connectivity index (χ1v) is 7.90. The number of benzene rings is 2. The first-order valence-electron chi connectivity index (χ1n) is 7.90. The summed E-state index contributed by atoms with van der Waals surface area (Å²) in [5.41, 5.74) is 1.29. The molecule has 0 unspecified atom stereocenters. The van der Waals surface area contributed by atoms with E-state index in [4.69, 9.17) is 9.47 Å². The fourth-order valence-electron chi connectivity index (χ4n) is 2.44. The molecule has 0 radical (unpaired) electrons. The number of aldehydes is 1. The minimum Gasteiger partial charge on any atom is -0.493 e. The Hall–Kier alpha value is -3.08. The Bertz CT molecular complexity index is 741. The standard InChI is InChI=1S/C20H21NO4/c1-24-18-12-11-16(15-19(18)25-2)20(23)21(13-7-4-8-14-22)17-9-5-3-6-10-17/h3-6,8-12,14-15H,7,13H2,1-2H3. The van der Waals surface area contributed by atoms with Gasteiger partial charge < -0.3 is 14.4 Å². The Morgan fingerprint density at radius 1 is 1.04 bits per heavy atom. The van der Waals surface area contributed by atoms with Gasteiger partial charge >= 0.3 is 0 Å². The maximum Gasteiger partial charge on any atom is 0.258 e. The number of amides is 1. The zero-order valence-corrected chi connectivity index (χ0v) is 14.3. The van der Waals surface area contributed by atoms with Crippen molar-refractivity contribution >= 4 is 17.9 Å². The van der Waals surface area contributed by atoms with Crippen LogP contribution in [0.4, 0.5) is 5.69 Å². The number of carbonyl (C=O) groups excluding carboxylic acids is 2. The summed E-state index contributed by atoms with van der Waals surface area (Å²) < 4.78 is 10.5. The van der Waals surface area contributed by atoms with Crippen molar-refractivity contribution < 1.29 is 19.1 Å². The number of ether oxygens (including phenoxy) is 2. The zero-order chi connectivity index (χ0) is 18.1. The number of hydrogen-bond acceptors (Lipinski definition) is 4. The lowest BCUT2D eigenvalue weighted by Gasteiger charge is -2.23. The molecule has 5 nitrogen and oxygen atoms in total. The van der Waals surface area contributed by atoms with Crippen molar-refractivity contribution in [3.8, 4) is 11.5 Å². The van der Waals surface area contributed by atoms with Crippen LogP contribution in [0.5, 0.6) is 11.5 Å². The molecule has 0 bridgehead atoms. The maximum atomic E-state index is 13.0. The third-order valence-corrected chi connectivity index (χ3v) is 3.68. The second-order valence-electron chi connectivity index (χ2n) is 5.22. The van der Waals surface area contributed by atoms with E-state index in [9.17, 15) is 9.59 Å². The molecule has 0 aliphatic heterocycles. The van der Waals surface area contributed by atoms with E-state index < -0.39 is 0 Å². The fraction of sp³-hybridized carbons (Fsp3) is 0.200. The molecule has 2 rings (SSSR count). The van der Waals surface area contributed by atoms with Gasteiger partial charge in [0.2, 0.25) is 0 Å². The van der Waals surface area contributed by atoms with Crippen molar-refractivity contribution in [2.45, 2.75) is 6.42 Å². The van der Waals surface area contributed by atoms with Gasteiger partial charge in [0.15, 0.2) is 11.5 Å². The summed E-state index contributed by atoms with van der Waals surface area (Å²) in [6, 6.07) is 14.5. The molecule has 130 valence electrons. The first-order chi connectivity index (χ1) is 12.2. The number of para-hydroxylation sites is 1. The highest BCUT2D eigenvalue weighted by molar-refractivity contribution is 6.06. The molecule has 5 heteroatoms. The highest BCUT2D eigenvalue weighted by Gasteiger charge is 2.18. The van der Waals surface area contributed by atoms with Gasteiger partial charge in [-0.3, -0.25) is 9.59 Å². The Kier molecular flexibility index (Phi) is 6.77. The van der Waals surface area contributed by atoms with Crippen LogP contribution in [-0.4, -0.2) is 33.0 Å². The van der Waals surface area contributed by atoms with E-state index in [1.165, 1.54) is 13.2 Å². The smallest absolute Gasteiger partial charge is 0.258 e. The van der Waals surface area contributed by atoms with E-state index in [0.29, 0.717) is 30.0 Å². The highest BCUT2D eigenvalue weighted by atomic mass is 16.5. The summed E-state index contributed by atoms with van der Waals surface area (Å²) in [5.74, 6) is 0.924. The van der Waals surface area contributed by atoms with Crippen LogP contribution in [0.15, 0.2) is 60.7 Å². The maximum absolute atomic E-state index is 13.0. The van der Waals surface area contributed by atoms with Crippen LogP contribution < -0.4 is 14.4 Å². The number of nitrogens with zero attached hydrogens (tertiary/aromatic N) is 1. The van der Waals surface area contributed by atoms with Crippen molar-refractivity contribution in [3.63, 3.8) is 0 Å². The minimum absolute atomic E-state index is 0.147. The van der Waals surface area contributed by atoms with Crippen molar-refractivity contribution in [2.24, 2.45) is 0 Å². The quantitative estimate of drug-likeness (QED) is 0.546. The summed E-state index contributed by atoms with van der Waals surface area (Å²) in [7, 11) is 3.08. The molecular formula is C20H21NO4. The molecule has 0 fully saturated rings. The van der Waals surface area contributed by atoms with Crippen molar-refractivity contribution in [3.05, 3.63) is 66.2 Å². The van der Waals surface area contributed by atoms with Crippen LogP contribution >= 0.6 is 0 Å². The van der Waals surface area contributed by atoms with Gasteiger partial charge in [0.25, 0.3) is 5.91 Å². The largest absolute Gasteiger partial charge is 0.493 e. The van der Waals surface area contributed by atoms with E-state index in [0.717, 1.165) is 12.0 Å². The molecule has 0 atom stereocenters. The Labute approximate surface area is 147 Å². The topological polar surface area (TPSA) is 55.8 Å². The third kappa shape index (κ3) is 4.70. The van der Waals surface area contributed by atoms with Gasteiger partial charge in [0, 0.05) is 17.8 Å². The SMILES string of the molecule is COc1ccc(C(=O)N(CCC=CC=O)c2ccccc2)cc1OC. The molecule has 0 aliphatic carbocycles. The summed E-state index contributed by atoms with van der Waals surface area (Å²) in [4.78, 5) is 25.1. The second kappa shape index (κ2) is 9.27. The minimum atomic E-state index is -0.147. The summed E-state index contributed by atoms with van der Waals surface area (Å²) in [6.45, 7) is 0.460. The molecule has 0 saturated heterocycles. The average molecular weight is 339 g/mol. The fourth-order valence-corrected chi connectivity index (χ4v) is 2.44. The van der Waals surface area contributed by atoms with Gasteiger partial charge in [-0.05, 0) is 42.8 Å². The molecule has 0 aromatic heterocycles. The summed E-state index contributed by atoms with van der Waals surface area (Å²) in [6.07, 6.45) is 4.48. The molecule has 2 aromatic carbocycles. The Morgan fingerprint density at radius 3 is 2.40 bits per heavy atom. The van der Waals surface area contributed by atoms with E-state index in [1.54, 1.807) is 36.3 Å². The first kappa shape index (κ1) is 18.3. The molecule has 0 heterocycles. The predicted molar refractivity (Wildman–Crippen MR) is 97.5 cm³/mol. The van der Waals surface area contributed by atoms with Crippen molar-refractivity contribution in [2.75, 3.05) is 25.7 Å². The molecule has 1 amide bonds.